The Bertz CT molecular complexity index is 353. The summed E-state index contributed by atoms with van der Waals surface area (Å²) in [7, 11) is 0. The summed E-state index contributed by atoms with van der Waals surface area (Å²) in [6.07, 6.45) is -5.39. The first kappa shape index (κ1) is 16.0. The quantitative estimate of drug-likeness (QED) is 0.819. The van der Waals surface area contributed by atoms with E-state index in [9.17, 15) is 13.2 Å². The predicted molar refractivity (Wildman–Crippen MR) is 68.9 cm³/mol. The molecular weight excluding hydrogens is 255 g/mol. The molecule has 1 aromatic rings. The number of hydrogen-bond acceptors (Lipinski definition) is 2. The van der Waals surface area contributed by atoms with Crippen LogP contribution in [-0.4, -0.2) is 25.4 Å². The Labute approximate surface area is 112 Å². The molecule has 5 heteroatoms. The highest BCUT2D eigenvalue weighted by Crippen LogP contribution is 2.22. The summed E-state index contributed by atoms with van der Waals surface area (Å²) in [5, 5.41) is 3.24. The monoisotopic (exact) mass is 275 g/mol. The van der Waals surface area contributed by atoms with E-state index in [1.54, 1.807) is 6.92 Å². The molecule has 0 fully saturated rings. The lowest BCUT2D eigenvalue weighted by Gasteiger charge is -2.25. The van der Waals surface area contributed by atoms with Crippen LogP contribution in [0.5, 0.6) is 0 Å². The second-order valence-corrected chi connectivity index (χ2v) is 4.39. The topological polar surface area (TPSA) is 21.3 Å². The zero-order valence-corrected chi connectivity index (χ0v) is 11.2. The molecule has 0 aliphatic rings. The number of rotatable bonds is 7. The SMILES string of the molecule is CCNC(c1ccccc1)C(C)OCCC(F)(F)F. The third-order valence-electron chi connectivity index (χ3n) is 2.82. The Morgan fingerprint density at radius 2 is 1.84 bits per heavy atom. The molecule has 0 aliphatic heterocycles. The molecule has 1 N–H and O–H groups in total. The van der Waals surface area contributed by atoms with E-state index in [0.29, 0.717) is 0 Å². The summed E-state index contributed by atoms with van der Waals surface area (Å²) in [6.45, 7) is 4.17. The Hall–Kier alpha value is -1.07. The highest BCUT2D eigenvalue weighted by Gasteiger charge is 2.28. The lowest BCUT2D eigenvalue weighted by Crippen LogP contribution is -2.32. The summed E-state index contributed by atoms with van der Waals surface area (Å²) >= 11 is 0. The summed E-state index contributed by atoms with van der Waals surface area (Å²) < 4.78 is 41.6. The van der Waals surface area contributed by atoms with Crippen LogP contribution in [0.15, 0.2) is 30.3 Å². The predicted octanol–water partition coefficient (Wildman–Crippen LogP) is 3.69. The maximum atomic E-state index is 12.1. The average molecular weight is 275 g/mol. The van der Waals surface area contributed by atoms with Crippen molar-refractivity contribution in [3.8, 4) is 0 Å². The average Bonchev–Trinajstić information content (AvgIpc) is 2.35. The van der Waals surface area contributed by atoms with E-state index in [2.05, 4.69) is 5.32 Å². The van der Waals surface area contributed by atoms with Crippen LogP contribution in [0.3, 0.4) is 0 Å². The molecule has 1 rings (SSSR count). The van der Waals surface area contributed by atoms with Gasteiger partial charge in [0.25, 0.3) is 0 Å². The van der Waals surface area contributed by atoms with Crippen LogP contribution in [0.25, 0.3) is 0 Å². The van der Waals surface area contributed by atoms with E-state index < -0.39 is 12.6 Å². The normalized spacial score (nSPS) is 15.2. The van der Waals surface area contributed by atoms with Gasteiger partial charge in [0.1, 0.15) is 0 Å². The zero-order chi connectivity index (χ0) is 14.3. The van der Waals surface area contributed by atoms with Gasteiger partial charge in [-0.1, -0.05) is 37.3 Å². The summed E-state index contributed by atoms with van der Waals surface area (Å²) in [4.78, 5) is 0. The molecule has 0 radical (unpaired) electrons. The fourth-order valence-corrected chi connectivity index (χ4v) is 1.89. The van der Waals surface area contributed by atoms with E-state index >= 15 is 0 Å². The van der Waals surface area contributed by atoms with Crippen LogP contribution >= 0.6 is 0 Å². The third-order valence-corrected chi connectivity index (χ3v) is 2.82. The van der Waals surface area contributed by atoms with Crippen LogP contribution < -0.4 is 5.32 Å². The van der Waals surface area contributed by atoms with Crippen molar-refractivity contribution >= 4 is 0 Å². The summed E-state index contributed by atoms with van der Waals surface area (Å²) in [6, 6.07) is 9.50. The second kappa shape index (κ2) is 7.50. The molecule has 0 saturated heterocycles. The van der Waals surface area contributed by atoms with Crippen molar-refractivity contribution in [2.75, 3.05) is 13.2 Å². The Kier molecular flexibility index (Phi) is 6.31. The largest absolute Gasteiger partial charge is 0.391 e. The van der Waals surface area contributed by atoms with Gasteiger partial charge in [-0.2, -0.15) is 13.2 Å². The molecule has 0 aliphatic carbocycles. The Balaban J connectivity index is 2.56. The summed E-state index contributed by atoms with van der Waals surface area (Å²) in [5.74, 6) is 0. The van der Waals surface area contributed by atoms with Gasteiger partial charge in [0.2, 0.25) is 0 Å². The van der Waals surface area contributed by atoms with Crippen LogP contribution in [0.4, 0.5) is 13.2 Å². The zero-order valence-electron chi connectivity index (χ0n) is 11.2. The van der Waals surface area contributed by atoms with Gasteiger partial charge < -0.3 is 10.1 Å². The Morgan fingerprint density at radius 3 is 2.37 bits per heavy atom. The molecule has 1 aromatic carbocycles. The van der Waals surface area contributed by atoms with Crippen molar-refractivity contribution in [3.05, 3.63) is 35.9 Å². The van der Waals surface area contributed by atoms with Gasteiger partial charge in [-0.05, 0) is 19.0 Å². The fraction of sp³-hybridized carbons (Fsp3) is 0.571. The van der Waals surface area contributed by atoms with Gasteiger partial charge in [-0.25, -0.2) is 0 Å². The third kappa shape index (κ3) is 6.07. The Morgan fingerprint density at radius 1 is 1.21 bits per heavy atom. The van der Waals surface area contributed by atoms with Gasteiger partial charge in [-0.3, -0.25) is 0 Å². The molecule has 0 aromatic heterocycles. The number of ether oxygens (including phenoxy) is 1. The van der Waals surface area contributed by atoms with Crippen molar-refractivity contribution in [1.82, 2.24) is 5.32 Å². The summed E-state index contributed by atoms with van der Waals surface area (Å²) in [5.41, 5.74) is 1.02. The lowest BCUT2D eigenvalue weighted by atomic mass is 10.0. The van der Waals surface area contributed by atoms with Crippen molar-refractivity contribution in [1.29, 1.82) is 0 Å². The maximum absolute atomic E-state index is 12.1. The first-order chi connectivity index (χ1) is 8.94. The number of hydrogen-bond donors (Lipinski definition) is 1. The number of likely N-dealkylation sites (N-methyl/N-ethyl adjacent to an activating group) is 1. The minimum atomic E-state index is -4.17. The molecule has 2 unspecified atom stereocenters. The second-order valence-electron chi connectivity index (χ2n) is 4.39. The number of alkyl halides is 3. The molecule has 2 atom stereocenters. The first-order valence-corrected chi connectivity index (χ1v) is 6.40. The van der Waals surface area contributed by atoms with Crippen LogP contribution in [-0.2, 0) is 4.74 Å². The van der Waals surface area contributed by atoms with Crippen molar-refractivity contribution < 1.29 is 17.9 Å². The van der Waals surface area contributed by atoms with E-state index in [0.717, 1.165) is 12.1 Å². The van der Waals surface area contributed by atoms with E-state index in [1.807, 2.05) is 37.3 Å². The van der Waals surface area contributed by atoms with Crippen LogP contribution in [0.1, 0.15) is 31.9 Å². The maximum Gasteiger partial charge on any atom is 0.391 e. The molecule has 0 amide bonds. The van der Waals surface area contributed by atoms with Gasteiger partial charge >= 0.3 is 6.18 Å². The van der Waals surface area contributed by atoms with E-state index in [4.69, 9.17) is 4.74 Å². The van der Waals surface area contributed by atoms with Crippen LogP contribution in [0.2, 0.25) is 0 Å². The minimum Gasteiger partial charge on any atom is -0.376 e. The van der Waals surface area contributed by atoms with Gasteiger partial charge in [0, 0.05) is 0 Å². The standard InChI is InChI=1S/C14H20F3NO/c1-3-18-13(12-7-5-4-6-8-12)11(2)19-10-9-14(15,16)17/h4-8,11,13,18H,3,9-10H2,1-2H3. The molecule has 2 nitrogen and oxygen atoms in total. The molecule has 0 heterocycles. The van der Waals surface area contributed by atoms with Crippen molar-refractivity contribution in [3.63, 3.8) is 0 Å². The lowest BCUT2D eigenvalue weighted by molar-refractivity contribution is -0.149. The first-order valence-electron chi connectivity index (χ1n) is 6.40. The van der Waals surface area contributed by atoms with Gasteiger partial charge in [-0.15, -0.1) is 0 Å². The number of nitrogens with one attached hydrogen (secondary N) is 1. The highest BCUT2D eigenvalue weighted by molar-refractivity contribution is 5.19. The highest BCUT2D eigenvalue weighted by atomic mass is 19.4. The van der Waals surface area contributed by atoms with E-state index in [1.165, 1.54) is 0 Å². The fourth-order valence-electron chi connectivity index (χ4n) is 1.89. The van der Waals surface area contributed by atoms with Gasteiger partial charge in [0.05, 0.1) is 25.2 Å². The number of halogens is 3. The molecule has 0 spiro atoms. The smallest absolute Gasteiger partial charge is 0.376 e. The molecule has 0 saturated carbocycles. The van der Waals surface area contributed by atoms with Crippen molar-refractivity contribution in [2.45, 2.75) is 38.6 Å². The number of benzene rings is 1. The minimum absolute atomic E-state index is 0.0977. The molecule has 108 valence electrons. The van der Waals surface area contributed by atoms with Crippen molar-refractivity contribution in [2.24, 2.45) is 0 Å². The molecule has 0 bridgehead atoms. The molecule has 19 heavy (non-hydrogen) atoms. The van der Waals surface area contributed by atoms with Gasteiger partial charge in [0.15, 0.2) is 0 Å². The van der Waals surface area contributed by atoms with Crippen LogP contribution in [0, 0.1) is 0 Å². The van der Waals surface area contributed by atoms with E-state index in [-0.39, 0.29) is 18.8 Å². The molecular formula is C14H20F3NO.